The molecule has 0 aliphatic carbocycles. The maximum Gasteiger partial charge on any atom is 0.179 e. The van der Waals surface area contributed by atoms with Gasteiger partial charge in [-0.15, -0.1) is 0 Å². The number of rotatable bonds is 5. The van der Waals surface area contributed by atoms with Gasteiger partial charge in [0.1, 0.15) is 0 Å². The molecule has 0 aromatic heterocycles. The van der Waals surface area contributed by atoms with E-state index in [1.807, 2.05) is 18.9 Å². The second-order valence-corrected chi connectivity index (χ2v) is 5.71. The molecule has 0 saturated heterocycles. The fraction of sp³-hybridized carbons (Fsp3) is 0.500. The highest BCUT2D eigenvalue weighted by Gasteiger charge is 2.24. The molecule has 0 amide bonds. The van der Waals surface area contributed by atoms with E-state index in [0.29, 0.717) is 17.1 Å². The molecule has 1 unspecified atom stereocenters. The van der Waals surface area contributed by atoms with Crippen molar-refractivity contribution in [2.24, 2.45) is 0 Å². The summed E-state index contributed by atoms with van der Waals surface area (Å²) in [6.07, 6.45) is 0. The number of aliphatic hydroxyl groups is 1. The summed E-state index contributed by atoms with van der Waals surface area (Å²) in [6.45, 7) is 5.72. The predicted molar refractivity (Wildman–Crippen MR) is 74.2 cm³/mol. The van der Waals surface area contributed by atoms with Gasteiger partial charge in [0.05, 0.1) is 11.6 Å². The van der Waals surface area contributed by atoms with Gasteiger partial charge in [0.15, 0.2) is 5.78 Å². The molecule has 3 nitrogen and oxygen atoms in total. The number of Topliss-reactive ketones (excluding diaryl/α,β-unsaturated/α-hetero) is 1. The number of benzene rings is 1. The van der Waals surface area contributed by atoms with Crippen LogP contribution in [0.25, 0.3) is 0 Å². The average Bonchev–Trinajstić information content (AvgIpc) is 2.26. The van der Waals surface area contributed by atoms with E-state index in [9.17, 15) is 9.90 Å². The molecule has 100 valence electrons. The molecule has 0 heterocycles. The number of carbonyl (C=O) groups excluding carboxylic acids is 1. The molecule has 0 aliphatic heterocycles. The lowest BCUT2D eigenvalue weighted by molar-refractivity contribution is 0.0330. The van der Waals surface area contributed by atoms with Crippen molar-refractivity contribution in [1.82, 2.24) is 4.90 Å². The monoisotopic (exact) mass is 269 g/mol. The van der Waals surface area contributed by atoms with Crippen LogP contribution in [-0.2, 0) is 0 Å². The summed E-state index contributed by atoms with van der Waals surface area (Å²) >= 11 is 5.79. The third-order valence-corrected chi connectivity index (χ3v) is 3.06. The van der Waals surface area contributed by atoms with Gasteiger partial charge in [-0.2, -0.15) is 0 Å². The van der Waals surface area contributed by atoms with Gasteiger partial charge in [-0.05, 0) is 52.1 Å². The summed E-state index contributed by atoms with van der Waals surface area (Å²) in [5.41, 5.74) is -0.182. The van der Waals surface area contributed by atoms with E-state index in [2.05, 4.69) is 0 Å². The zero-order valence-corrected chi connectivity index (χ0v) is 12.0. The quantitative estimate of drug-likeness (QED) is 0.836. The van der Waals surface area contributed by atoms with Crippen molar-refractivity contribution in [3.8, 4) is 0 Å². The molecule has 1 atom stereocenters. The Hall–Kier alpha value is -0.900. The Labute approximate surface area is 113 Å². The number of hydrogen-bond donors (Lipinski definition) is 1. The van der Waals surface area contributed by atoms with Crippen molar-refractivity contribution < 1.29 is 9.90 Å². The molecule has 1 rings (SSSR count). The van der Waals surface area contributed by atoms with Crippen LogP contribution in [0.1, 0.15) is 31.1 Å². The Bertz CT molecular complexity index is 409. The minimum absolute atomic E-state index is 0.0263. The molecule has 0 bridgehead atoms. The Morgan fingerprint density at radius 3 is 2.33 bits per heavy atom. The van der Waals surface area contributed by atoms with Gasteiger partial charge in [-0.1, -0.05) is 11.6 Å². The fourth-order valence-electron chi connectivity index (χ4n) is 1.80. The number of carbonyl (C=O) groups is 1. The highest BCUT2D eigenvalue weighted by Crippen LogP contribution is 2.14. The Balaban J connectivity index is 2.75. The SMILES string of the molecule is CC(C(=O)c1ccc(Cl)cc1)N(C)CC(C)(C)O. The summed E-state index contributed by atoms with van der Waals surface area (Å²) in [5.74, 6) is 0.0263. The molecular weight excluding hydrogens is 250 g/mol. The van der Waals surface area contributed by atoms with E-state index >= 15 is 0 Å². The van der Waals surface area contributed by atoms with Crippen molar-refractivity contribution in [1.29, 1.82) is 0 Å². The van der Waals surface area contributed by atoms with E-state index in [1.54, 1.807) is 38.1 Å². The number of hydrogen-bond acceptors (Lipinski definition) is 3. The summed E-state index contributed by atoms with van der Waals surface area (Å²) in [6, 6.07) is 6.57. The first-order chi connectivity index (χ1) is 8.20. The molecule has 1 aromatic rings. The Morgan fingerprint density at radius 1 is 1.39 bits per heavy atom. The lowest BCUT2D eigenvalue weighted by atomic mass is 10.0. The maximum absolute atomic E-state index is 12.2. The van der Waals surface area contributed by atoms with Crippen molar-refractivity contribution in [2.75, 3.05) is 13.6 Å². The van der Waals surface area contributed by atoms with E-state index in [-0.39, 0.29) is 11.8 Å². The largest absolute Gasteiger partial charge is 0.389 e. The highest BCUT2D eigenvalue weighted by atomic mass is 35.5. The van der Waals surface area contributed by atoms with Gasteiger partial charge < -0.3 is 5.11 Å². The lowest BCUT2D eigenvalue weighted by Gasteiger charge is -2.29. The number of halogens is 1. The molecule has 0 spiro atoms. The Morgan fingerprint density at radius 2 is 1.89 bits per heavy atom. The molecule has 0 saturated carbocycles. The number of likely N-dealkylation sites (N-methyl/N-ethyl adjacent to an activating group) is 1. The van der Waals surface area contributed by atoms with E-state index in [4.69, 9.17) is 11.6 Å². The third kappa shape index (κ3) is 4.41. The molecule has 4 heteroatoms. The van der Waals surface area contributed by atoms with Gasteiger partial charge in [0, 0.05) is 17.1 Å². The van der Waals surface area contributed by atoms with Crippen molar-refractivity contribution in [3.63, 3.8) is 0 Å². The van der Waals surface area contributed by atoms with Crippen LogP contribution in [-0.4, -0.2) is 41.0 Å². The fourth-order valence-corrected chi connectivity index (χ4v) is 1.93. The molecule has 0 aliphatic rings. The Kier molecular flexibility index (Phi) is 4.91. The maximum atomic E-state index is 12.2. The van der Waals surface area contributed by atoms with Crippen LogP contribution in [0, 0.1) is 0 Å². The van der Waals surface area contributed by atoms with Crippen LogP contribution in [0.15, 0.2) is 24.3 Å². The summed E-state index contributed by atoms with van der Waals surface area (Å²) < 4.78 is 0. The zero-order valence-electron chi connectivity index (χ0n) is 11.3. The minimum atomic E-state index is -0.816. The van der Waals surface area contributed by atoms with Crippen LogP contribution >= 0.6 is 11.6 Å². The van der Waals surface area contributed by atoms with Gasteiger partial charge >= 0.3 is 0 Å². The lowest BCUT2D eigenvalue weighted by Crippen LogP contribution is -2.44. The van der Waals surface area contributed by atoms with Gasteiger partial charge in [-0.3, -0.25) is 9.69 Å². The predicted octanol–water partition coefficient (Wildman–Crippen LogP) is 2.61. The van der Waals surface area contributed by atoms with Crippen molar-refractivity contribution >= 4 is 17.4 Å². The smallest absolute Gasteiger partial charge is 0.179 e. The third-order valence-electron chi connectivity index (χ3n) is 2.81. The number of nitrogens with zero attached hydrogens (tertiary/aromatic N) is 1. The first-order valence-corrected chi connectivity index (χ1v) is 6.31. The van der Waals surface area contributed by atoms with Gasteiger partial charge in [-0.25, -0.2) is 0 Å². The normalized spacial score (nSPS) is 13.7. The van der Waals surface area contributed by atoms with Crippen LogP contribution in [0.4, 0.5) is 0 Å². The van der Waals surface area contributed by atoms with Crippen LogP contribution < -0.4 is 0 Å². The van der Waals surface area contributed by atoms with Crippen LogP contribution in [0.5, 0.6) is 0 Å². The van der Waals surface area contributed by atoms with Crippen LogP contribution in [0.2, 0.25) is 5.02 Å². The van der Waals surface area contributed by atoms with Crippen LogP contribution in [0.3, 0.4) is 0 Å². The van der Waals surface area contributed by atoms with Gasteiger partial charge in [0.2, 0.25) is 0 Å². The summed E-state index contributed by atoms with van der Waals surface area (Å²) in [4.78, 5) is 14.1. The molecular formula is C14H20ClNO2. The first kappa shape index (κ1) is 15.2. The second-order valence-electron chi connectivity index (χ2n) is 5.27. The van der Waals surface area contributed by atoms with E-state index in [0.717, 1.165) is 0 Å². The molecule has 0 fully saturated rings. The highest BCUT2D eigenvalue weighted by molar-refractivity contribution is 6.30. The zero-order chi connectivity index (χ0) is 13.9. The molecule has 18 heavy (non-hydrogen) atoms. The minimum Gasteiger partial charge on any atom is -0.389 e. The molecule has 1 aromatic carbocycles. The average molecular weight is 270 g/mol. The number of ketones is 1. The van der Waals surface area contributed by atoms with Crippen molar-refractivity contribution in [3.05, 3.63) is 34.9 Å². The molecule has 1 N–H and O–H groups in total. The second kappa shape index (κ2) is 5.83. The summed E-state index contributed by atoms with van der Waals surface area (Å²) in [5, 5.41) is 10.4. The van der Waals surface area contributed by atoms with E-state index in [1.165, 1.54) is 0 Å². The van der Waals surface area contributed by atoms with Crippen molar-refractivity contribution in [2.45, 2.75) is 32.4 Å². The standard InChI is InChI=1S/C14H20ClNO2/c1-10(16(4)9-14(2,3)18)13(17)11-5-7-12(15)8-6-11/h5-8,10,18H,9H2,1-4H3. The van der Waals surface area contributed by atoms with E-state index < -0.39 is 5.60 Å². The van der Waals surface area contributed by atoms with Gasteiger partial charge in [0.25, 0.3) is 0 Å². The first-order valence-electron chi connectivity index (χ1n) is 5.93. The molecule has 0 radical (unpaired) electrons. The summed E-state index contributed by atoms with van der Waals surface area (Å²) in [7, 11) is 1.83. The topological polar surface area (TPSA) is 40.5 Å².